The minimum absolute atomic E-state index is 0.0933. The Morgan fingerprint density at radius 2 is 2.07 bits per heavy atom. The van der Waals surface area contributed by atoms with E-state index in [9.17, 15) is 4.79 Å². The number of hydrogen-bond acceptors (Lipinski definition) is 3. The zero-order chi connectivity index (χ0) is 19.3. The van der Waals surface area contributed by atoms with E-state index in [1.807, 2.05) is 30.0 Å². The van der Waals surface area contributed by atoms with Gasteiger partial charge in [-0.3, -0.25) is 4.79 Å². The van der Waals surface area contributed by atoms with E-state index in [0.717, 1.165) is 24.8 Å². The lowest BCUT2D eigenvalue weighted by Crippen LogP contribution is -2.55. The first kappa shape index (κ1) is 19.8. The number of methoxy groups -OCH3 is 1. The molecule has 27 heavy (non-hydrogen) atoms. The molecule has 1 aromatic rings. The number of piperidine rings is 1. The van der Waals surface area contributed by atoms with E-state index in [-0.39, 0.29) is 24.0 Å². The molecule has 146 valence electrons. The second-order valence-electron chi connectivity index (χ2n) is 7.68. The Balaban J connectivity index is 1.80. The van der Waals surface area contributed by atoms with Crippen molar-refractivity contribution in [2.24, 2.45) is 5.92 Å². The molecule has 2 aliphatic heterocycles. The topological polar surface area (TPSA) is 38.8 Å². The van der Waals surface area contributed by atoms with E-state index in [0.29, 0.717) is 13.0 Å². The molecule has 4 nitrogen and oxygen atoms in total. The van der Waals surface area contributed by atoms with Crippen molar-refractivity contribution in [1.29, 1.82) is 0 Å². The Hall–Kier alpha value is -1.91. The Labute approximate surface area is 162 Å². The molecule has 0 radical (unpaired) electrons. The van der Waals surface area contributed by atoms with Gasteiger partial charge < -0.3 is 14.4 Å². The summed E-state index contributed by atoms with van der Waals surface area (Å²) in [6.07, 6.45) is 11.9. The summed E-state index contributed by atoms with van der Waals surface area (Å²) in [5, 5.41) is 0. The van der Waals surface area contributed by atoms with E-state index < -0.39 is 5.72 Å². The molecule has 0 aromatic heterocycles. The Morgan fingerprint density at radius 3 is 2.78 bits per heavy atom. The van der Waals surface area contributed by atoms with Gasteiger partial charge in [-0.25, -0.2) is 0 Å². The molecule has 2 heterocycles. The van der Waals surface area contributed by atoms with Crippen LogP contribution in [-0.4, -0.2) is 36.3 Å². The summed E-state index contributed by atoms with van der Waals surface area (Å²) in [5.41, 5.74) is 0.499. The molecule has 2 aliphatic rings. The smallest absolute Gasteiger partial charge is 0.225 e. The lowest BCUT2D eigenvalue weighted by atomic mass is 9.87. The van der Waals surface area contributed by atoms with Gasteiger partial charge in [0.1, 0.15) is 11.8 Å². The summed E-state index contributed by atoms with van der Waals surface area (Å²) in [6.45, 7) is 4.69. The maximum Gasteiger partial charge on any atom is 0.225 e. The van der Waals surface area contributed by atoms with Crippen LogP contribution in [0.3, 0.4) is 0 Å². The molecule has 2 fully saturated rings. The molecule has 0 spiro atoms. The number of allylic oxidation sites excluding steroid dienone is 4. The first-order valence-corrected chi connectivity index (χ1v) is 9.96. The quantitative estimate of drug-likeness (QED) is 0.657. The van der Waals surface area contributed by atoms with Crippen LogP contribution in [0.25, 0.3) is 0 Å². The highest BCUT2D eigenvalue weighted by atomic mass is 16.6. The van der Waals surface area contributed by atoms with Crippen molar-refractivity contribution in [3.63, 3.8) is 0 Å². The molecule has 0 N–H and O–H groups in total. The van der Waals surface area contributed by atoms with Gasteiger partial charge in [0, 0.05) is 20.0 Å². The fourth-order valence-electron chi connectivity index (χ4n) is 4.34. The Kier molecular flexibility index (Phi) is 6.51. The SMILES string of the molecule is CCC/C=C/C=C/[C@@H]1CC(=O)N2[C@@H](COC)[C@H](c3ccccc3)O[C@]2(C)C1. The highest BCUT2D eigenvalue weighted by molar-refractivity contribution is 5.79. The zero-order valence-electron chi connectivity index (χ0n) is 16.6. The third-order valence-corrected chi connectivity index (χ3v) is 5.47. The summed E-state index contributed by atoms with van der Waals surface area (Å²) < 4.78 is 12.0. The second kappa shape index (κ2) is 8.85. The van der Waals surface area contributed by atoms with Crippen molar-refractivity contribution in [2.75, 3.05) is 13.7 Å². The van der Waals surface area contributed by atoms with Crippen molar-refractivity contribution in [1.82, 2.24) is 4.90 Å². The first-order valence-electron chi connectivity index (χ1n) is 9.96. The van der Waals surface area contributed by atoms with Crippen LogP contribution in [0.4, 0.5) is 0 Å². The van der Waals surface area contributed by atoms with Gasteiger partial charge in [-0.2, -0.15) is 0 Å². The second-order valence-corrected chi connectivity index (χ2v) is 7.68. The normalized spacial score (nSPS) is 31.1. The number of hydrogen-bond donors (Lipinski definition) is 0. The third-order valence-electron chi connectivity index (χ3n) is 5.47. The van der Waals surface area contributed by atoms with Gasteiger partial charge >= 0.3 is 0 Å². The molecule has 0 saturated carbocycles. The minimum atomic E-state index is -0.596. The van der Waals surface area contributed by atoms with E-state index in [1.165, 1.54) is 0 Å². The van der Waals surface area contributed by atoms with Crippen LogP contribution in [0.15, 0.2) is 54.6 Å². The molecule has 0 bridgehead atoms. The van der Waals surface area contributed by atoms with Gasteiger partial charge in [-0.1, -0.05) is 68.0 Å². The molecule has 3 rings (SSSR count). The van der Waals surface area contributed by atoms with Crippen LogP contribution < -0.4 is 0 Å². The lowest BCUT2D eigenvalue weighted by Gasteiger charge is -2.42. The molecule has 2 saturated heterocycles. The van der Waals surface area contributed by atoms with E-state index in [2.05, 4.69) is 43.4 Å². The van der Waals surface area contributed by atoms with E-state index in [4.69, 9.17) is 9.47 Å². The van der Waals surface area contributed by atoms with Crippen LogP contribution in [0.1, 0.15) is 51.2 Å². The molecule has 4 heteroatoms. The molecule has 0 aliphatic carbocycles. The summed E-state index contributed by atoms with van der Waals surface area (Å²) in [4.78, 5) is 15.0. The van der Waals surface area contributed by atoms with Crippen molar-refractivity contribution in [2.45, 2.75) is 57.4 Å². The third kappa shape index (κ3) is 4.33. The predicted molar refractivity (Wildman–Crippen MR) is 107 cm³/mol. The van der Waals surface area contributed by atoms with Crippen LogP contribution >= 0.6 is 0 Å². The largest absolute Gasteiger partial charge is 0.382 e. The number of carbonyl (C=O) groups excluding carboxylic acids is 1. The molecule has 1 aromatic carbocycles. The molecule has 0 unspecified atom stereocenters. The van der Waals surface area contributed by atoms with Crippen LogP contribution in [-0.2, 0) is 14.3 Å². The number of benzene rings is 1. The molecule has 4 atom stereocenters. The number of carbonyl (C=O) groups is 1. The molecular weight excluding hydrogens is 338 g/mol. The fraction of sp³-hybridized carbons (Fsp3) is 0.522. The monoisotopic (exact) mass is 369 g/mol. The summed E-state index contributed by atoms with van der Waals surface area (Å²) in [5.74, 6) is 0.346. The standard InChI is InChI=1S/C23H31NO3/c1-4-5-6-7-9-12-18-15-21(25)24-20(17-26-3)22(27-23(24,2)16-18)19-13-10-8-11-14-19/h6-14,18,20,22H,4-5,15-17H2,1-3H3/b7-6+,12-9+/t18-,20+,22+,23-/m1/s1. The highest BCUT2D eigenvalue weighted by Crippen LogP contribution is 2.47. The number of unbranched alkanes of at least 4 members (excludes halogenated alkanes) is 1. The zero-order valence-corrected chi connectivity index (χ0v) is 16.6. The lowest BCUT2D eigenvalue weighted by molar-refractivity contribution is -0.163. The minimum Gasteiger partial charge on any atom is -0.382 e. The number of fused-ring (bicyclic) bond motifs is 1. The highest BCUT2D eigenvalue weighted by Gasteiger charge is 2.55. The van der Waals surface area contributed by atoms with Crippen LogP contribution in [0.2, 0.25) is 0 Å². The number of nitrogens with zero attached hydrogens (tertiary/aromatic N) is 1. The van der Waals surface area contributed by atoms with E-state index in [1.54, 1.807) is 7.11 Å². The Morgan fingerprint density at radius 1 is 1.30 bits per heavy atom. The average molecular weight is 370 g/mol. The van der Waals surface area contributed by atoms with Gasteiger partial charge in [0.15, 0.2) is 0 Å². The number of ether oxygens (including phenoxy) is 2. The maximum absolute atomic E-state index is 13.0. The van der Waals surface area contributed by atoms with Crippen molar-refractivity contribution in [3.8, 4) is 0 Å². The fourth-order valence-corrected chi connectivity index (χ4v) is 4.34. The number of amides is 1. The maximum atomic E-state index is 13.0. The van der Waals surface area contributed by atoms with Crippen LogP contribution in [0, 0.1) is 5.92 Å². The van der Waals surface area contributed by atoms with Crippen molar-refractivity contribution in [3.05, 3.63) is 60.2 Å². The van der Waals surface area contributed by atoms with Gasteiger partial charge in [-0.15, -0.1) is 0 Å². The molecular formula is C23H31NO3. The van der Waals surface area contributed by atoms with Gasteiger partial charge in [0.25, 0.3) is 0 Å². The molecule has 1 amide bonds. The summed E-state index contributed by atoms with van der Waals surface area (Å²) in [6, 6.07) is 10.1. The average Bonchev–Trinajstić information content (AvgIpc) is 2.95. The van der Waals surface area contributed by atoms with Crippen molar-refractivity contribution < 1.29 is 14.3 Å². The van der Waals surface area contributed by atoms with Gasteiger partial charge in [0.2, 0.25) is 5.91 Å². The summed E-state index contributed by atoms with van der Waals surface area (Å²) >= 11 is 0. The first-order chi connectivity index (χ1) is 13.1. The summed E-state index contributed by atoms with van der Waals surface area (Å²) in [7, 11) is 1.68. The van der Waals surface area contributed by atoms with Gasteiger partial charge in [0.05, 0.1) is 12.6 Å². The van der Waals surface area contributed by atoms with E-state index >= 15 is 0 Å². The number of rotatable bonds is 7. The predicted octanol–water partition coefficient (Wildman–Crippen LogP) is 4.64. The van der Waals surface area contributed by atoms with Crippen molar-refractivity contribution >= 4 is 5.91 Å². The van der Waals surface area contributed by atoms with Gasteiger partial charge in [-0.05, 0) is 24.8 Å². The Bertz CT molecular complexity index is 684. The van der Waals surface area contributed by atoms with Crippen LogP contribution in [0.5, 0.6) is 0 Å².